The Balaban J connectivity index is 1.45. The van der Waals surface area contributed by atoms with E-state index in [9.17, 15) is 19.5 Å². The third kappa shape index (κ3) is 5.80. The molecule has 4 fully saturated rings. The average molecular weight is 487 g/mol. The van der Waals surface area contributed by atoms with Gasteiger partial charge in [0.2, 0.25) is 5.91 Å². The number of ether oxygens (including phenoxy) is 2. The van der Waals surface area contributed by atoms with Gasteiger partial charge in [0.1, 0.15) is 6.04 Å². The molecule has 1 spiro atoms. The highest BCUT2D eigenvalue weighted by Crippen LogP contribution is 2.58. The van der Waals surface area contributed by atoms with E-state index in [1.165, 1.54) is 12.8 Å². The molecule has 4 atom stereocenters. The molecule has 1 amide bonds. The number of nitrogens with zero attached hydrogens (tertiary/aromatic N) is 1. The first-order valence-electron chi connectivity index (χ1n) is 13.0. The molecule has 2 N–H and O–H groups in total. The number of amides is 1. The number of hydrogen-bond acceptors (Lipinski definition) is 6. The maximum atomic E-state index is 13.6. The highest BCUT2D eigenvalue weighted by atomic mass is 16.7. The molecule has 1 aromatic carbocycles. The summed E-state index contributed by atoms with van der Waals surface area (Å²) < 4.78 is 10.5. The lowest BCUT2D eigenvalue weighted by Crippen LogP contribution is -2.53. The summed E-state index contributed by atoms with van der Waals surface area (Å²) in [5, 5.41) is 12.5. The number of rotatable bonds is 9. The van der Waals surface area contributed by atoms with E-state index in [0.717, 1.165) is 24.8 Å². The Kier molecular flexibility index (Phi) is 7.99. The minimum Gasteiger partial charge on any atom is -0.465 e. The van der Waals surface area contributed by atoms with E-state index in [4.69, 9.17) is 9.47 Å². The second kappa shape index (κ2) is 11.0. The summed E-state index contributed by atoms with van der Waals surface area (Å²) in [5.41, 5.74) is 1.04. The quantitative estimate of drug-likeness (QED) is 0.509. The van der Waals surface area contributed by atoms with E-state index in [0.29, 0.717) is 37.6 Å². The zero-order chi connectivity index (χ0) is 25.0. The Bertz CT molecular complexity index is 900. The molecule has 1 unspecified atom stereocenters. The number of likely N-dealkylation sites (tertiary alicyclic amines) is 1. The van der Waals surface area contributed by atoms with Crippen LogP contribution in [0.5, 0.6) is 0 Å². The van der Waals surface area contributed by atoms with Crippen molar-refractivity contribution >= 4 is 18.0 Å². The van der Waals surface area contributed by atoms with Gasteiger partial charge >= 0.3 is 12.1 Å². The number of fused-ring (bicyclic) bond motifs is 2. The summed E-state index contributed by atoms with van der Waals surface area (Å²) in [6.07, 6.45) is 5.35. The van der Waals surface area contributed by atoms with E-state index in [-0.39, 0.29) is 23.9 Å². The average Bonchev–Trinajstić information content (AvgIpc) is 3.18. The third-order valence-corrected chi connectivity index (χ3v) is 8.30. The van der Waals surface area contributed by atoms with Crippen LogP contribution < -0.4 is 5.32 Å². The van der Waals surface area contributed by atoms with E-state index >= 15 is 0 Å². The molecular formula is C27H38N2O6. The largest absolute Gasteiger partial charge is 0.507 e. The number of carboxylic acid groups (broad SMARTS) is 1. The summed E-state index contributed by atoms with van der Waals surface area (Å²) in [4.78, 5) is 39.3. The molecule has 1 aliphatic heterocycles. The minimum absolute atomic E-state index is 0.0650. The van der Waals surface area contributed by atoms with E-state index in [1.54, 1.807) is 18.7 Å². The van der Waals surface area contributed by atoms with Crippen molar-refractivity contribution in [2.45, 2.75) is 83.5 Å². The normalized spacial score (nSPS) is 29.1. The van der Waals surface area contributed by atoms with Crippen LogP contribution in [0.15, 0.2) is 30.3 Å². The van der Waals surface area contributed by atoms with E-state index in [2.05, 4.69) is 5.32 Å². The van der Waals surface area contributed by atoms with E-state index < -0.39 is 24.5 Å². The van der Waals surface area contributed by atoms with Gasteiger partial charge in [-0.15, -0.1) is 0 Å². The molecule has 0 radical (unpaired) electrons. The lowest BCUT2D eigenvalue weighted by molar-refractivity contribution is -0.147. The standard InChI is InChI=1S/C27H38N2O6/c1-3-34-25(31)22(14-11-19-7-5-4-6-8-19)28-18(2)24(30)29-17-27(16-23(29)35-26(32)33)15-20-9-12-21(27)13-10-20/h4-8,18,20-23,28H,3,9-17H2,1-2H3,(H,32,33)/t18-,20?,21?,22-,23-,27?/m0/s1. The van der Waals surface area contributed by atoms with Crippen LogP contribution in [-0.4, -0.2) is 59.5 Å². The molecule has 1 saturated heterocycles. The Morgan fingerprint density at radius 1 is 1.14 bits per heavy atom. The molecule has 1 aromatic rings. The Morgan fingerprint density at radius 3 is 2.46 bits per heavy atom. The number of carbonyl (C=O) groups excluding carboxylic acids is 2. The van der Waals surface area contributed by atoms with Crippen molar-refractivity contribution in [1.82, 2.24) is 10.2 Å². The van der Waals surface area contributed by atoms with Gasteiger partial charge in [0.05, 0.1) is 12.6 Å². The molecule has 2 bridgehead atoms. The van der Waals surface area contributed by atoms with Gasteiger partial charge in [-0.25, -0.2) is 4.79 Å². The summed E-state index contributed by atoms with van der Waals surface area (Å²) in [5.74, 6) is 0.543. The van der Waals surface area contributed by atoms with E-state index in [1.807, 2.05) is 30.3 Å². The summed E-state index contributed by atoms with van der Waals surface area (Å²) in [6, 6.07) is 8.54. The molecule has 35 heavy (non-hydrogen) atoms. The smallest absolute Gasteiger partial charge is 0.465 e. The summed E-state index contributed by atoms with van der Waals surface area (Å²) in [6.45, 7) is 4.27. The topological polar surface area (TPSA) is 105 Å². The predicted octanol–water partition coefficient (Wildman–Crippen LogP) is 3.98. The maximum Gasteiger partial charge on any atom is 0.507 e. The van der Waals surface area contributed by atoms with Gasteiger partial charge in [0.25, 0.3) is 0 Å². The maximum absolute atomic E-state index is 13.6. The van der Waals surface area contributed by atoms with Gasteiger partial charge in [-0.1, -0.05) is 43.2 Å². The van der Waals surface area contributed by atoms with Crippen LogP contribution in [0.25, 0.3) is 0 Å². The molecule has 5 rings (SSSR count). The Morgan fingerprint density at radius 2 is 1.86 bits per heavy atom. The highest BCUT2D eigenvalue weighted by Gasteiger charge is 2.56. The molecule has 192 valence electrons. The first-order valence-corrected chi connectivity index (χ1v) is 13.0. The molecule has 4 aliphatic rings. The molecule has 8 nitrogen and oxygen atoms in total. The number of hydrogen-bond donors (Lipinski definition) is 2. The number of aryl methyl sites for hydroxylation is 1. The summed E-state index contributed by atoms with van der Waals surface area (Å²) in [7, 11) is 0. The lowest BCUT2D eigenvalue weighted by Gasteiger charge is -2.49. The molecule has 3 saturated carbocycles. The zero-order valence-electron chi connectivity index (χ0n) is 20.8. The van der Waals surface area contributed by atoms with Crippen molar-refractivity contribution < 1.29 is 29.0 Å². The van der Waals surface area contributed by atoms with Crippen molar-refractivity contribution in [2.75, 3.05) is 13.2 Å². The first kappa shape index (κ1) is 25.5. The number of carbonyl (C=O) groups is 3. The summed E-state index contributed by atoms with van der Waals surface area (Å²) >= 11 is 0. The van der Waals surface area contributed by atoms with Gasteiger partial charge in [0.15, 0.2) is 6.23 Å². The van der Waals surface area contributed by atoms with Crippen LogP contribution >= 0.6 is 0 Å². The third-order valence-electron chi connectivity index (χ3n) is 8.30. The van der Waals surface area contributed by atoms with Crippen molar-refractivity contribution in [3.05, 3.63) is 35.9 Å². The first-order chi connectivity index (χ1) is 16.8. The van der Waals surface area contributed by atoms with Gasteiger partial charge in [-0.3, -0.25) is 14.9 Å². The predicted molar refractivity (Wildman–Crippen MR) is 130 cm³/mol. The Hall–Kier alpha value is -2.61. The second-order valence-electron chi connectivity index (χ2n) is 10.5. The van der Waals surface area contributed by atoms with Crippen LogP contribution in [0, 0.1) is 17.3 Å². The number of benzene rings is 1. The van der Waals surface area contributed by atoms with Crippen LogP contribution in [0.4, 0.5) is 4.79 Å². The Labute approximate surface area is 207 Å². The van der Waals surface area contributed by atoms with Crippen LogP contribution in [0.3, 0.4) is 0 Å². The van der Waals surface area contributed by atoms with Gasteiger partial charge in [0, 0.05) is 13.0 Å². The molecular weight excluding hydrogens is 448 g/mol. The zero-order valence-corrected chi connectivity index (χ0v) is 20.8. The lowest BCUT2D eigenvalue weighted by atomic mass is 9.55. The van der Waals surface area contributed by atoms with Crippen molar-refractivity contribution in [3.8, 4) is 0 Å². The van der Waals surface area contributed by atoms with Crippen LogP contribution in [0.1, 0.15) is 64.4 Å². The molecule has 3 aliphatic carbocycles. The monoisotopic (exact) mass is 486 g/mol. The molecule has 0 aromatic heterocycles. The van der Waals surface area contributed by atoms with Crippen molar-refractivity contribution in [2.24, 2.45) is 17.3 Å². The van der Waals surface area contributed by atoms with Crippen molar-refractivity contribution in [3.63, 3.8) is 0 Å². The van der Waals surface area contributed by atoms with Gasteiger partial charge < -0.3 is 19.5 Å². The highest BCUT2D eigenvalue weighted by molar-refractivity contribution is 5.84. The fourth-order valence-corrected chi connectivity index (χ4v) is 6.66. The van der Waals surface area contributed by atoms with Crippen LogP contribution in [-0.2, 0) is 25.5 Å². The van der Waals surface area contributed by atoms with Gasteiger partial charge in [-0.2, -0.15) is 0 Å². The fourth-order valence-electron chi connectivity index (χ4n) is 6.66. The fraction of sp³-hybridized carbons (Fsp3) is 0.667. The second-order valence-corrected chi connectivity index (χ2v) is 10.5. The molecule has 8 heteroatoms. The van der Waals surface area contributed by atoms with Crippen molar-refractivity contribution in [1.29, 1.82) is 0 Å². The number of nitrogens with one attached hydrogen (secondary N) is 1. The number of esters is 1. The minimum atomic E-state index is -1.36. The van der Waals surface area contributed by atoms with Crippen LogP contribution in [0.2, 0.25) is 0 Å². The van der Waals surface area contributed by atoms with Gasteiger partial charge in [-0.05, 0) is 68.8 Å². The molecule has 1 heterocycles. The SMILES string of the molecule is CCOC(=O)[C@H](CCc1ccccc1)N[C@@H](C)C(=O)N1CC2(CC3CCC2CC3)C[C@@H]1OC(=O)O.